The molecule has 1 heterocycles. The summed E-state index contributed by atoms with van der Waals surface area (Å²) in [5.74, 6) is -0.412. The van der Waals surface area contributed by atoms with E-state index in [9.17, 15) is 14.9 Å². The maximum atomic E-state index is 12.0. The molecule has 1 N–H and O–H groups in total. The van der Waals surface area contributed by atoms with Gasteiger partial charge in [0, 0.05) is 30.4 Å². The van der Waals surface area contributed by atoms with E-state index in [1.165, 1.54) is 6.07 Å². The molecule has 0 spiro atoms. The number of nitrogens with one attached hydrogen (secondary N) is 1. The molecule has 1 aliphatic heterocycles. The van der Waals surface area contributed by atoms with Gasteiger partial charge in [-0.2, -0.15) is 5.10 Å². The highest BCUT2D eigenvalue weighted by atomic mass is 16.6. The Kier molecular flexibility index (Phi) is 6.11. The fourth-order valence-electron chi connectivity index (χ4n) is 2.82. The minimum atomic E-state index is -0.498. The lowest BCUT2D eigenvalue weighted by molar-refractivity contribution is -0.385. The number of hydrogen-bond donors (Lipinski definition) is 1. The van der Waals surface area contributed by atoms with Crippen LogP contribution in [0.15, 0.2) is 53.6 Å². The zero-order valence-electron chi connectivity index (χ0n) is 14.7. The van der Waals surface area contributed by atoms with Gasteiger partial charge in [0.05, 0.1) is 30.8 Å². The molecule has 1 amide bonds. The first-order chi connectivity index (χ1) is 13.1. The van der Waals surface area contributed by atoms with Crippen molar-refractivity contribution in [2.24, 2.45) is 5.10 Å². The molecule has 0 atom stereocenters. The predicted octanol–water partition coefficient (Wildman–Crippen LogP) is 2.12. The number of benzene rings is 2. The second kappa shape index (κ2) is 8.91. The van der Waals surface area contributed by atoms with Crippen molar-refractivity contribution in [1.29, 1.82) is 0 Å². The van der Waals surface area contributed by atoms with Gasteiger partial charge in [0.25, 0.3) is 5.69 Å². The number of para-hydroxylation sites is 1. The predicted molar refractivity (Wildman–Crippen MR) is 102 cm³/mol. The Morgan fingerprint density at radius 3 is 2.59 bits per heavy atom. The summed E-state index contributed by atoms with van der Waals surface area (Å²) in [6, 6.07) is 14.0. The molecule has 2 aromatic carbocycles. The van der Waals surface area contributed by atoms with E-state index in [2.05, 4.69) is 15.4 Å². The van der Waals surface area contributed by atoms with Crippen molar-refractivity contribution in [2.45, 2.75) is 6.42 Å². The summed E-state index contributed by atoms with van der Waals surface area (Å²) in [5, 5.41) is 14.9. The fourth-order valence-corrected chi connectivity index (χ4v) is 2.82. The van der Waals surface area contributed by atoms with Gasteiger partial charge in [-0.25, -0.2) is 5.43 Å². The Morgan fingerprint density at radius 2 is 1.89 bits per heavy atom. The van der Waals surface area contributed by atoms with E-state index in [1.54, 1.807) is 24.4 Å². The van der Waals surface area contributed by atoms with Gasteiger partial charge in [0.1, 0.15) is 0 Å². The number of anilines is 1. The summed E-state index contributed by atoms with van der Waals surface area (Å²) >= 11 is 0. The van der Waals surface area contributed by atoms with E-state index < -0.39 is 10.8 Å². The molecule has 0 saturated carbocycles. The lowest BCUT2D eigenvalue weighted by Gasteiger charge is -2.28. The molecule has 3 rings (SSSR count). The summed E-state index contributed by atoms with van der Waals surface area (Å²) in [7, 11) is 0. The third-order valence-corrected chi connectivity index (χ3v) is 4.21. The Bertz CT molecular complexity index is 830. The first kappa shape index (κ1) is 18.5. The second-order valence-corrected chi connectivity index (χ2v) is 6.05. The number of hydrazone groups is 1. The number of hydrogen-bond acceptors (Lipinski definition) is 6. The number of nitro benzene ring substituents is 1. The first-order valence-electron chi connectivity index (χ1n) is 8.60. The van der Waals surface area contributed by atoms with Crippen LogP contribution in [-0.4, -0.2) is 43.3 Å². The third-order valence-electron chi connectivity index (χ3n) is 4.21. The Hall–Kier alpha value is -3.26. The smallest absolute Gasteiger partial charge is 0.273 e. The standard InChI is InChI=1S/C19H20N4O4/c24-19(13-16-3-1-2-4-18(16)23(25)26)21-20-14-15-5-7-17(8-6-15)22-9-11-27-12-10-22/h1-8,14H,9-13H2,(H,21,24)/b20-14+. The normalized spacial score (nSPS) is 14.3. The SMILES string of the molecule is O=C(Cc1ccccc1[N+](=O)[O-])N/N=C/c1ccc(N2CCOCC2)cc1. The van der Waals surface area contributed by atoms with E-state index in [1.807, 2.05) is 24.3 Å². The van der Waals surface area contributed by atoms with Gasteiger partial charge < -0.3 is 9.64 Å². The van der Waals surface area contributed by atoms with Gasteiger partial charge >= 0.3 is 0 Å². The number of rotatable bonds is 6. The molecule has 1 saturated heterocycles. The lowest BCUT2D eigenvalue weighted by atomic mass is 10.1. The molecule has 0 radical (unpaired) electrons. The largest absolute Gasteiger partial charge is 0.378 e. The van der Waals surface area contributed by atoms with Gasteiger partial charge in [-0.05, 0) is 17.7 Å². The zero-order valence-corrected chi connectivity index (χ0v) is 14.7. The highest BCUT2D eigenvalue weighted by molar-refractivity contribution is 5.84. The van der Waals surface area contributed by atoms with Crippen LogP contribution in [0.5, 0.6) is 0 Å². The molecule has 0 aromatic heterocycles. The molecule has 0 unspecified atom stereocenters. The monoisotopic (exact) mass is 368 g/mol. The van der Waals surface area contributed by atoms with Crippen LogP contribution in [-0.2, 0) is 16.0 Å². The fraction of sp³-hybridized carbons (Fsp3) is 0.263. The van der Waals surface area contributed by atoms with E-state index in [0.717, 1.165) is 37.6 Å². The Balaban J connectivity index is 1.54. The molecular formula is C19H20N4O4. The van der Waals surface area contributed by atoms with E-state index in [4.69, 9.17) is 4.74 Å². The third kappa shape index (κ3) is 5.11. The number of ether oxygens (including phenoxy) is 1. The number of carbonyl (C=O) groups excluding carboxylic acids is 1. The molecule has 27 heavy (non-hydrogen) atoms. The van der Waals surface area contributed by atoms with Crippen LogP contribution < -0.4 is 10.3 Å². The van der Waals surface area contributed by atoms with E-state index in [0.29, 0.717) is 5.56 Å². The second-order valence-electron chi connectivity index (χ2n) is 6.05. The molecular weight excluding hydrogens is 348 g/mol. The van der Waals surface area contributed by atoms with Crippen LogP contribution in [0.1, 0.15) is 11.1 Å². The highest BCUT2D eigenvalue weighted by Gasteiger charge is 2.15. The molecule has 0 aliphatic carbocycles. The number of nitrogens with zero attached hydrogens (tertiary/aromatic N) is 3. The molecule has 2 aromatic rings. The minimum absolute atomic E-state index is 0.0738. The van der Waals surface area contributed by atoms with Crippen molar-refractivity contribution in [2.75, 3.05) is 31.2 Å². The van der Waals surface area contributed by atoms with Crippen molar-refractivity contribution >= 4 is 23.5 Å². The van der Waals surface area contributed by atoms with Crippen LogP contribution in [0.4, 0.5) is 11.4 Å². The van der Waals surface area contributed by atoms with Crippen molar-refractivity contribution in [3.05, 3.63) is 69.8 Å². The molecule has 1 fully saturated rings. The highest BCUT2D eigenvalue weighted by Crippen LogP contribution is 2.18. The van der Waals surface area contributed by atoms with E-state index >= 15 is 0 Å². The first-order valence-corrected chi connectivity index (χ1v) is 8.60. The molecule has 8 heteroatoms. The van der Waals surface area contributed by atoms with Gasteiger partial charge in [0.2, 0.25) is 5.91 Å². The molecule has 1 aliphatic rings. The van der Waals surface area contributed by atoms with Crippen LogP contribution in [0.2, 0.25) is 0 Å². The number of morpholine rings is 1. The lowest BCUT2D eigenvalue weighted by Crippen LogP contribution is -2.36. The quantitative estimate of drug-likeness (QED) is 0.479. The average Bonchev–Trinajstić information content (AvgIpc) is 2.69. The average molecular weight is 368 g/mol. The van der Waals surface area contributed by atoms with Crippen LogP contribution in [0.25, 0.3) is 0 Å². The summed E-state index contributed by atoms with van der Waals surface area (Å²) in [6.45, 7) is 3.20. The van der Waals surface area contributed by atoms with Crippen LogP contribution >= 0.6 is 0 Å². The minimum Gasteiger partial charge on any atom is -0.378 e. The summed E-state index contributed by atoms with van der Waals surface area (Å²) in [5.41, 5.74) is 4.65. The maximum absolute atomic E-state index is 12.0. The van der Waals surface area contributed by atoms with Crippen molar-refractivity contribution in [3.8, 4) is 0 Å². The zero-order chi connectivity index (χ0) is 19.1. The number of amides is 1. The van der Waals surface area contributed by atoms with Gasteiger partial charge in [-0.15, -0.1) is 0 Å². The van der Waals surface area contributed by atoms with Crippen molar-refractivity contribution < 1.29 is 14.5 Å². The maximum Gasteiger partial charge on any atom is 0.273 e. The summed E-state index contributed by atoms with van der Waals surface area (Å²) in [4.78, 5) is 24.7. The van der Waals surface area contributed by atoms with Crippen LogP contribution in [0, 0.1) is 10.1 Å². The molecule has 8 nitrogen and oxygen atoms in total. The molecule has 140 valence electrons. The van der Waals surface area contributed by atoms with Crippen molar-refractivity contribution in [3.63, 3.8) is 0 Å². The van der Waals surface area contributed by atoms with Crippen molar-refractivity contribution in [1.82, 2.24) is 5.43 Å². The van der Waals surface area contributed by atoms with Gasteiger partial charge in [0.15, 0.2) is 0 Å². The summed E-state index contributed by atoms with van der Waals surface area (Å²) < 4.78 is 5.34. The van der Waals surface area contributed by atoms with Gasteiger partial charge in [-0.1, -0.05) is 30.3 Å². The Labute approximate surface area is 156 Å². The number of carbonyl (C=O) groups is 1. The van der Waals surface area contributed by atoms with E-state index in [-0.39, 0.29) is 12.1 Å². The van der Waals surface area contributed by atoms with Gasteiger partial charge in [-0.3, -0.25) is 14.9 Å². The van der Waals surface area contributed by atoms with Crippen LogP contribution in [0.3, 0.4) is 0 Å². The number of nitro groups is 1. The summed E-state index contributed by atoms with van der Waals surface area (Å²) in [6.07, 6.45) is 1.44. The Morgan fingerprint density at radius 1 is 1.19 bits per heavy atom. The molecule has 0 bridgehead atoms. The topological polar surface area (TPSA) is 97.1 Å².